The van der Waals surface area contributed by atoms with Crippen molar-refractivity contribution in [2.24, 2.45) is 11.8 Å². The van der Waals surface area contributed by atoms with Gasteiger partial charge in [0, 0.05) is 12.6 Å². The van der Waals surface area contributed by atoms with E-state index in [4.69, 9.17) is 4.74 Å². The summed E-state index contributed by atoms with van der Waals surface area (Å²) in [7, 11) is 0. The average molecular weight is 287 g/mol. The molecule has 0 aliphatic rings. The molecule has 0 aliphatic heterocycles. The fourth-order valence-corrected chi connectivity index (χ4v) is 2.34. The molecule has 0 aromatic heterocycles. The van der Waals surface area contributed by atoms with Crippen LogP contribution in [0.2, 0.25) is 0 Å². The molecule has 0 rings (SSSR count). The Morgan fingerprint density at radius 1 is 0.950 bits per heavy atom. The number of nitrogens with one attached hydrogen (secondary N) is 1. The smallest absolute Gasteiger partial charge is 0.0897 e. The minimum absolute atomic E-state index is 0.230. The number of aliphatic hydroxyl groups excluding tert-OH is 1. The first-order valence-corrected chi connectivity index (χ1v) is 8.34. The molecule has 3 heteroatoms. The van der Waals surface area contributed by atoms with Gasteiger partial charge in [0.05, 0.1) is 18.8 Å². The van der Waals surface area contributed by atoms with Gasteiger partial charge in [-0.25, -0.2) is 0 Å². The van der Waals surface area contributed by atoms with Crippen LogP contribution >= 0.6 is 0 Å². The van der Waals surface area contributed by atoms with Crippen LogP contribution in [0.15, 0.2) is 0 Å². The van der Waals surface area contributed by atoms with Crippen molar-refractivity contribution in [1.29, 1.82) is 0 Å². The second-order valence-corrected chi connectivity index (χ2v) is 7.06. The molecule has 0 fully saturated rings. The summed E-state index contributed by atoms with van der Waals surface area (Å²) in [4.78, 5) is 0. The molecule has 20 heavy (non-hydrogen) atoms. The summed E-state index contributed by atoms with van der Waals surface area (Å²) in [5.41, 5.74) is 0. The molecular weight excluding hydrogens is 250 g/mol. The highest BCUT2D eigenvalue weighted by molar-refractivity contribution is 4.66. The standard InChI is InChI=1S/C17H37NO2/c1-13(2)8-7-9-15(5)18-11-17(19)12-20-16(6)10-14(3)4/h13-19H,7-12H2,1-6H3. The minimum Gasteiger partial charge on any atom is -0.389 e. The summed E-state index contributed by atoms with van der Waals surface area (Å²) in [5, 5.41) is 13.3. The maximum absolute atomic E-state index is 9.91. The fraction of sp³-hybridized carbons (Fsp3) is 1.00. The highest BCUT2D eigenvalue weighted by Crippen LogP contribution is 2.09. The normalized spacial score (nSPS) is 16.6. The topological polar surface area (TPSA) is 41.5 Å². The Labute approximate surface area is 126 Å². The lowest BCUT2D eigenvalue weighted by atomic mass is 10.0. The highest BCUT2D eigenvalue weighted by Gasteiger charge is 2.11. The van der Waals surface area contributed by atoms with E-state index in [1.807, 2.05) is 0 Å². The van der Waals surface area contributed by atoms with Gasteiger partial charge in [-0.3, -0.25) is 0 Å². The van der Waals surface area contributed by atoms with Crippen molar-refractivity contribution in [3.05, 3.63) is 0 Å². The number of aliphatic hydroxyl groups is 1. The van der Waals surface area contributed by atoms with Gasteiger partial charge in [-0.05, 0) is 38.5 Å². The van der Waals surface area contributed by atoms with Crippen LogP contribution in [-0.4, -0.2) is 36.5 Å². The molecule has 3 unspecified atom stereocenters. The largest absolute Gasteiger partial charge is 0.389 e. The van der Waals surface area contributed by atoms with Crippen molar-refractivity contribution in [1.82, 2.24) is 5.32 Å². The van der Waals surface area contributed by atoms with Crippen LogP contribution in [0.25, 0.3) is 0 Å². The molecule has 0 spiro atoms. The number of rotatable bonds is 12. The molecule has 3 atom stereocenters. The van der Waals surface area contributed by atoms with Crippen molar-refractivity contribution in [2.45, 2.75) is 85.5 Å². The van der Waals surface area contributed by atoms with E-state index >= 15 is 0 Å². The van der Waals surface area contributed by atoms with Crippen molar-refractivity contribution >= 4 is 0 Å². The summed E-state index contributed by atoms with van der Waals surface area (Å²) in [6.07, 6.45) is 4.58. The molecule has 0 bridgehead atoms. The summed E-state index contributed by atoms with van der Waals surface area (Å²) >= 11 is 0. The Morgan fingerprint density at radius 3 is 2.15 bits per heavy atom. The van der Waals surface area contributed by atoms with Gasteiger partial charge < -0.3 is 15.2 Å². The van der Waals surface area contributed by atoms with Crippen LogP contribution in [-0.2, 0) is 4.74 Å². The third-order valence-electron chi connectivity index (χ3n) is 3.50. The van der Waals surface area contributed by atoms with Gasteiger partial charge in [0.25, 0.3) is 0 Å². The Morgan fingerprint density at radius 2 is 1.60 bits per heavy atom. The van der Waals surface area contributed by atoms with Gasteiger partial charge in [0.1, 0.15) is 0 Å². The summed E-state index contributed by atoms with van der Waals surface area (Å²) < 4.78 is 5.67. The monoisotopic (exact) mass is 287 g/mol. The van der Waals surface area contributed by atoms with E-state index in [9.17, 15) is 5.11 Å². The quantitative estimate of drug-likeness (QED) is 0.576. The van der Waals surface area contributed by atoms with E-state index in [0.717, 1.165) is 12.3 Å². The van der Waals surface area contributed by atoms with Gasteiger partial charge in [-0.2, -0.15) is 0 Å². The van der Waals surface area contributed by atoms with Crippen molar-refractivity contribution in [3.63, 3.8) is 0 Å². The molecule has 2 N–H and O–H groups in total. The molecule has 3 nitrogen and oxygen atoms in total. The maximum atomic E-state index is 9.91. The van der Waals surface area contributed by atoms with Gasteiger partial charge in [-0.15, -0.1) is 0 Å². The molecule has 0 aromatic carbocycles. The molecule has 0 saturated heterocycles. The molecule has 0 saturated carbocycles. The van der Waals surface area contributed by atoms with Crippen LogP contribution in [0.4, 0.5) is 0 Å². The van der Waals surface area contributed by atoms with Crippen LogP contribution in [0.3, 0.4) is 0 Å². The zero-order valence-electron chi connectivity index (χ0n) is 14.5. The fourth-order valence-electron chi connectivity index (χ4n) is 2.34. The Bertz CT molecular complexity index is 219. The van der Waals surface area contributed by atoms with Crippen LogP contribution in [0, 0.1) is 11.8 Å². The molecule has 0 amide bonds. The third-order valence-corrected chi connectivity index (χ3v) is 3.50. The predicted octanol–water partition coefficient (Wildman–Crippen LogP) is 3.60. The van der Waals surface area contributed by atoms with Crippen molar-refractivity contribution in [2.75, 3.05) is 13.2 Å². The zero-order valence-corrected chi connectivity index (χ0v) is 14.5. The summed E-state index contributed by atoms with van der Waals surface area (Å²) in [6, 6.07) is 0.469. The van der Waals surface area contributed by atoms with Crippen molar-refractivity contribution in [3.8, 4) is 0 Å². The number of hydrogen-bond donors (Lipinski definition) is 2. The number of hydrogen-bond acceptors (Lipinski definition) is 3. The third kappa shape index (κ3) is 12.9. The lowest BCUT2D eigenvalue weighted by Gasteiger charge is -2.20. The zero-order chi connectivity index (χ0) is 15.5. The summed E-state index contributed by atoms with van der Waals surface area (Å²) in [6.45, 7) is 14.2. The van der Waals surface area contributed by atoms with E-state index in [1.165, 1.54) is 19.3 Å². The Kier molecular flexibility index (Phi) is 11.5. The van der Waals surface area contributed by atoms with Crippen molar-refractivity contribution < 1.29 is 9.84 Å². The molecule has 0 aromatic rings. The van der Waals surface area contributed by atoms with Gasteiger partial charge >= 0.3 is 0 Å². The molecule has 0 radical (unpaired) electrons. The predicted molar refractivity (Wildman–Crippen MR) is 87.0 cm³/mol. The van der Waals surface area contributed by atoms with E-state index in [1.54, 1.807) is 0 Å². The SMILES string of the molecule is CC(C)CCCC(C)NCC(O)COC(C)CC(C)C. The first-order valence-electron chi connectivity index (χ1n) is 8.34. The van der Waals surface area contributed by atoms with Gasteiger partial charge in [0.2, 0.25) is 0 Å². The average Bonchev–Trinajstić information content (AvgIpc) is 2.32. The minimum atomic E-state index is -0.405. The first kappa shape index (κ1) is 19.9. The lowest BCUT2D eigenvalue weighted by molar-refractivity contribution is -0.00920. The first-order chi connectivity index (χ1) is 9.31. The van der Waals surface area contributed by atoms with Gasteiger partial charge in [-0.1, -0.05) is 40.5 Å². The summed E-state index contributed by atoms with van der Waals surface area (Å²) in [5.74, 6) is 1.42. The van der Waals surface area contributed by atoms with Gasteiger partial charge in [0.15, 0.2) is 0 Å². The van der Waals surface area contributed by atoms with Crippen LogP contribution in [0.5, 0.6) is 0 Å². The van der Waals surface area contributed by atoms with E-state index in [-0.39, 0.29) is 6.10 Å². The Hall–Kier alpha value is -0.120. The van der Waals surface area contributed by atoms with Crippen LogP contribution < -0.4 is 5.32 Å². The van der Waals surface area contributed by atoms with E-state index in [2.05, 4.69) is 46.9 Å². The molecule has 0 heterocycles. The highest BCUT2D eigenvalue weighted by atomic mass is 16.5. The van der Waals surface area contributed by atoms with E-state index < -0.39 is 6.10 Å². The second-order valence-electron chi connectivity index (χ2n) is 7.06. The molecule has 122 valence electrons. The number of ether oxygens (including phenoxy) is 1. The maximum Gasteiger partial charge on any atom is 0.0897 e. The second kappa shape index (κ2) is 11.5. The van der Waals surface area contributed by atoms with Crippen LogP contribution in [0.1, 0.15) is 67.2 Å². The molecular formula is C17H37NO2. The van der Waals surface area contributed by atoms with E-state index in [0.29, 0.717) is 25.1 Å². The Balaban J connectivity index is 3.58. The lowest BCUT2D eigenvalue weighted by Crippen LogP contribution is -2.36. The molecule has 0 aliphatic carbocycles.